The molecule has 1 heterocycles. The van der Waals surface area contributed by atoms with E-state index in [1.54, 1.807) is 13.8 Å². The predicted octanol–water partition coefficient (Wildman–Crippen LogP) is 0.164. The van der Waals surface area contributed by atoms with Crippen LogP contribution in [0.2, 0.25) is 0 Å². The van der Waals surface area contributed by atoms with Crippen molar-refractivity contribution in [2.75, 3.05) is 19.6 Å². The van der Waals surface area contributed by atoms with Crippen molar-refractivity contribution >= 4 is 5.97 Å². The minimum atomic E-state index is -0.783. The van der Waals surface area contributed by atoms with Crippen molar-refractivity contribution in [1.82, 2.24) is 4.90 Å². The summed E-state index contributed by atoms with van der Waals surface area (Å²) in [5.74, 6) is -0.783. The van der Waals surface area contributed by atoms with Crippen LogP contribution in [-0.4, -0.2) is 46.8 Å². The molecule has 1 aliphatic heterocycles. The molecular weight excluding hydrogens is 170 g/mol. The number of likely N-dealkylation sites (tertiary alicyclic amines) is 1. The second-order valence-corrected chi connectivity index (χ2v) is 4.37. The van der Waals surface area contributed by atoms with Crippen molar-refractivity contribution in [3.05, 3.63) is 0 Å². The molecule has 0 aliphatic carbocycles. The minimum absolute atomic E-state index is 0.274. The fourth-order valence-electron chi connectivity index (χ4n) is 1.58. The van der Waals surface area contributed by atoms with E-state index in [1.807, 2.05) is 4.90 Å². The summed E-state index contributed by atoms with van der Waals surface area (Å²) in [5.41, 5.74) is -0.718. The minimum Gasteiger partial charge on any atom is -0.481 e. The van der Waals surface area contributed by atoms with Crippen LogP contribution in [-0.2, 0) is 4.79 Å². The summed E-state index contributed by atoms with van der Waals surface area (Å²) in [5, 5.41) is 18.1. The maximum Gasteiger partial charge on any atom is 0.310 e. The molecule has 0 aromatic rings. The van der Waals surface area contributed by atoms with Crippen LogP contribution in [0.5, 0.6) is 0 Å². The Morgan fingerprint density at radius 2 is 2.23 bits per heavy atom. The molecule has 76 valence electrons. The first-order valence-electron chi connectivity index (χ1n) is 4.55. The van der Waals surface area contributed by atoms with Gasteiger partial charge in [0.2, 0.25) is 0 Å². The first-order chi connectivity index (χ1) is 5.92. The summed E-state index contributed by atoms with van der Waals surface area (Å²) in [6, 6.07) is 0. The summed E-state index contributed by atoms with van der Waals surface area (Å²) in [6.07, 6.45) is 0.486. The third-order valence-electron chi connectivity index (χ3n) is 2.45. The molecule has 0 aromatic carbocycles. The van der Waals surface area contributed by atoms with E-state index < -0.39 is 11.4 Å². The molecule has 0 amide bonds. The molecule has 1 aliphatic rings. The summed E-state index contributed by atoms with van der Waals surface area (Å²) >= 11 is 0. The molecular formula is C9H17NO3. The van der Waals surface area contributed by atoms with Gasteiger partial charge in [0, 0.05) is 19.6 Å². The predicted molar refractivity (Wildman–Crippen MR) is 48.5 cm³/mol. The highest BCUT2D eigenvalue weighted by Gasteiger charge is 2.32. The molecule has 0 spiro atoms. The molecule has 1 unspecified atom stereocenters. The van der Waals surface area contributed by atoms with Gasteiger partial charge in [0.05, 0.1) is 11.5 Å². The Balaban J connectivity index is 2.44. The average molecular weight is 187 g/mol. The Kier molecular flexibility index (Phi) is 2.93. The van der Waals surface area contributed by atoms with Gasteiger partial charge in [0.1, 0.15) is 0 Å². The van der Waals surface area contributed by atoms with Gasteiger partial charge < -0.3 is 10.2 Å². The van der Waals surface area contributed by atoms with Crippen LogP contribution in [0.1, 0.15) is 20.3 Å². The quantitative estimate of drug-likeness (QED) is 0.661. The lowest BCUT2D eigenvalue weighted by atomic mass is 9.93. The molecule has 0 aromatic heterocycles. The standard InChI is InChI=1S/C9H17NO3/c1-9(2,8(12)13)6-10-4-3-7(11)5-10/h7,11H,3-6H2,1-2H3,(H,12,13). The van der Waals surface area contributed by atoms with Gasteiger partial charge in [-0.05, 0) is 20.3 Å². The van der Waals surface area contributed by atoms with Crippen LogP contribution in [0.15, 0.2) is 0 Å². The van der Waals surface area contributed by atoms with Gasteiger partial charge in [-0.15, -0.1) is 0 Å². The first-order valence-corrected chi connectivity index (χ1v) is 4.55. The number of rotatable bonds is 3. The Morgan fingerprint density at radius 3 is 2.62 bits per heavy atom. The molecule has 13 heavy (non-hydrogen) atoms. The number of carbonyl (C=O) groups is 1. The molecule has 2 N–H and O–H groups in total. The van der Waals surface area contributed by atoms with E-state index in [1.165, 1.54) is 0 Å². The Bertz CT molecular complexity index is 203. The Labute approximate surface area is 78.2 Å². The number of nitrogens with zero attached hydrogens (tertiary/aromatic N) is 1. The molecule has 1 fully saturated rings. The largest absolute Gasteiger partial charge is 0.481 e. The SMILES string of the molecule is CC(C)(CN1CCC(O)C1)C(=O)O. The van der Waals surface area contributed by atoms with Crippen LogP contribution in [0, 0.1) is 5.41 Å². The molecule has 0 radical (unpaired) electrons. The lowest BCUT2D eigenvalue weighted by Crippen LogP contribution is -2.38. The monoisotopic (exact) mass is 187 g/mol. The summed E-state index contributed by atoms with van der Waals surface area (Å²) in [6.45, 7) is 5.34. The van der Waals surface area contributed by atoms with Gasteiger partial charge in [-0.1, -0.05) is 0 Å². The third kappa shape index (κ3) is 2.67. The second kappa shape index (κ2) is 3.64. The molecule has 4 nitrogen and oxygen atoms in total. The summed E-state index contributed by atoms with van der Waals surface area (Å²) < 4.78 is 0. The number of hydrogen-bond donors (Lipinski definition) is 2. The van der Waals surface area contributed by atoms with E-state index in [2.05, 4.69) is 0 Å². The van der Waals surface area contributed by atoms with E-state index in [0.29, 0.717) is 13.1 Å². The van der Waals surface area contributed by atoms with Gasteiger partial charge in [0.25, 0.3) is 0 Å². The second-order valence-electron chi connectivity index (χ2n) is 4.37. The van der Waals surface area contributed by atoms with E-state index in [9.17, 15) is 9.90 Å². The van der Waals surface area contributed by atoms with Gasteiger partial charge in [-0.2, -0.15) is 0 Å². The van der Waals surface area contributed by atoms with Gasteiger partial charge in [0.15, 0.2) is 0 Å². The summed E-state index contributed by atoms with van der Waals surface area (Å²) in [7, 11) is 0. The molecule has 4 heteroatoms. The van der Waals surface area contributed by atoms with Crippen molar-refractivity contribution in [1.29, 1.82) is 0 Å². The fourth-order valence-corrected chi connectivity index (χ4v) is 1.58. The lowest BCUT2D eigenvalue weighted by molar-refractivity contribution is -0.147. The number of carboxylic acid groups (broad SMARTS) is 1. The number of hydrogen-bond acceptors (Lipinski definition) is 3. The third-order valence-corrected chi connectivity index (χ3v) is 2.45. The fraction of sp³-hybridized carbons (Fsp3) is 0.889. The topological polar surface area (TPSA) is 60.8 Å². The van der Waals surface area contributed by atoms with Crippen molar-refractivity contribution in [2.45, 2.75) is 26.4 Å². The molecule has 1 saturated heterocycles. The van der Waals surface area contributed by atoms with Gasteiger partial charge in [-0.3, -0.25) is 9.69 Å². The maximum atomic E-state index is 10.8. The zero-order valence-corrected chi connectivity index (χ0v) is 8.16. The highest BCUT2D eigenvalue weighted by Crippen LogP contribution is 2.20. The first kappa shape index (κ1) is 10.5. The summed E-state index contributed by atoms with van der Waals surface area (Å²) in [4.78, 5) is 12.8. The molecule has 1 atom stereocenters. The maximum absolute atomic E-state index is 10.8. The highest BCUT2D eigenvalue weighted by molar-refractivity contribution is 5.73. The van der Waals surface area contributed by atoms with E-state index in [-0.39, 0.29) is 6.10 Å². The normalized spacial score (nSPS) is 25.0. The van der Waals surface area contributed by atoms with Crippen molar-refractivity contribution in [2.24, 2.45) is 5.41 Å². The van der Waals surface area contributed by atoms with Gasteiger partial charge >= 0.3 is 5.97 Å². The van der Waals surface area contributed by atoms with Crippen molar-refractivity contribution in [3.63, 3.8) is 0 Å². The number of aliphatic hydroxyl groups excluding tert-OH is 1. The molecule has 1 rings (SSSR count). The van der Waals surface area contributed by atoms with Crippen LogP contribution >= 0.6 is 0 Å². The number of aliphatic hydroxyl groups is 1. The smallest absolute Gasteiger partial charge is 0.310 e. The van der Waals surface area contributed by atoms with Crippen molar-refractivity contribution in [3.8, 4) is 0 Å². The van der Waals surface area contributed by atoms with Crippen LogP contribution < -0.4 is 0 Å². The average Bonchev–Trinajstić information content (AvgIpc) is 2.34. The van der Waals surface area contributed by atoms with E-state index >= 15 is 0 Å². The zero-order chi connectivity index (χ0) is 10.1. The van der Waals surface area contributed by atoms with Crippen LogP contribution in [0.25, 0.3) is 0 Å². The molecule has 0 bridgehead atoms. The number of carboxylic acids is 1. The lowest BCUT2D eigenvalue weighted by Gasteiger charge is -2.25. The van der Waals surface area contributed by atoms with Crippen molar-refractivity contribution < 1.29 is 15.0 Å². The van der Waals surface area contributed by atoms with E-state index in [4.69, 9.17) is 5.11 Å². The molecule has 0 saturated carbocycles. The zero-order valence-electron chi connectivity index (χ0n) is 8.16. The Morgan fingerprint density at radius 1 is 1.62 bits per heavy atom. The van der Waals surface area contributed by atoms with E-state index in [0.717, 1.165) is 13.0 Å². The van der Waals surface area contributed by atoms with Crippen LogP contribution in [0.3, 0.4) is 0 Å². The van der Waals surface area contributed by atoms with Crippen LogP contribution in [0.4, 0.5) is 0 Å². The number of aliphatic carboxylic acids is 1. The number of β-amino-alcohol motifs (C(OH)–C–C–N with tert-alkyl or cyclic N) is 1. The Hall–Kier alpha value is -0.610. The van der Waals surface area contributed by atoms with Gasteiger partial charge in [-0.25, -0.2) is 0 Å². The highest BCUT2D eigenvalue weighted by atomic mass is 16.4.